The molecule has 17 heavy (non-hydrogen) atoms. The van der Waals surface area contributed by atoms with Crippen molar-refractivity contribution < 1.29 is 4.39 Å². The Hall–Kier alpha value is -1.11. The molecule has 2 aliphatic carbocycles. The highest BCUT2D eigenvalue weighted by Crippen LogP contribution is 2.56. The van der Waals surface area contributed by atoms with Gasteiger partial charge in [-0.05, 0) is 41.5 Å². The molecule has 0 bridgehead atoms. The third-order valence-electron chi connectivity index (χ3n) is 4.71. The summed E-state index contributed by atoms with van der Waals surface area (Å²) in [5.41, 5.74) is 4.23. The molecule has 1 unspecified atom stereocenters. The molecule has 1 fully saturated rings. The van der Waals surface area contributed by atoms with E-state index in [1.54, 1.807) is 12.1 Å². The van der Waals surface area contributed by atoms with Gasteiger partial charge in [0.15, 0.2) is 0 Å². The first kappa shape index (κ1) is 11.0. The van der Waals surface area contributed by atoms with Crippen LogP contribution in [-0.4, -0.2) is 0 Å². The zero-order chi connectivity index (χ0) is 12.3. The summed E-state index contributed by atoms with van der Waals surface area (Å²) in [5.74, 6) is -0.108. The molecule has 0 aliphatic heterocycles. The van der Waals surface area contributed by atoms with Gasteiger partial charge in [0.1, 0.15) is 5.82 Å². The maximum Gasteiger partial charge on any atom is 0.123 e. The van der Waals surface area contributed by atoms with E-state index in [0.29, 0.717) is 0 Å². The second-order valence-corrected chi connectivity index (χ2v) is 6.36. The highest BCUT2D eigenvalue weighted by Gasteiger charge is 2.46. The number of allylic oxidation sites excluding steroid dienone is 1. The monoisotopic (exact) mass is 230 g/mol. The lowest BCUT2D eigenvalue weighted by molar-refractivity contribution is 0.266. The van der Waals surface area contributed by atoms with Gasteiger partial charge in [-0.1, -0.05) is 44.9 Å². The predicted molar refractivity (Wildman–Crippen MR) is 69.4 cm³/mol. The van der Waals surface area contributed by atoms with Crippen LogP contribution in [0.4, 0.5) is 4.39 Å². The Morgan fingerprint density at radius 1 is 1.12 bits per heavy atom. The van der Waals surface area contributed by atoms with Gasteiger partial charge in [0.25, 0.3) is 0 Å². The second-order valence-electron chi connectivity index (χ2n) is 6.36. The zero-order valence-corrected chi connectivity index (χ0v) is 10.8. The Balaban J connectivity index is 2.21. The summed E-state index contributed by atoms with van der Waals surface area (Å²) in [4.78, 5) is 0. The molecule has 0 N–H and O–H groups in total. The van der Waals surface area contributed by atoms with Crippen molar-refractivity contribution in [3.05, 3.63) is 40.7 Å². The van der Waals surface area contributed by atoms with E-state index in [4.69, 9.17) is 0 Å². The fraction of sp³-hybridized carbons (Fsp3) is 0.500. The standard InChI is InChI=1S/C16H19F/c1-15(2)7-4-8-16(3)13-10-12(17)6-5-11(13)9-14(15)16/h5-6,9-10H,4,7-8H2,1-3H3. The van der Waals surface area contributed by atoms with Crippen molar-refractivity contribution in [1.29, 1.82) is 0 Å². The molecule has 0 nitrogen and oxygen atoms in total. The van der Waals surface area contributed by atoms with Gasteiger partial charge >= 0.3 is 0 Å². The van der Waals surface area contributed by atoms with Crippen LogP contribution in [0.3, 0.4) is 0 Å². The molecule has 1 aromatic rings. The highest BCUT2D eigenvalue weighted by molar-refractivity contribution is 5.70. The summed E-state index contributed by atoms with van der Waals surface area (Å²) in [6, 6.07) is 5.24. The maximum atomic E-state index is 13.5. The molecule has 90 valence electrons. The van der Waals surface area contributed by atoms with E-state index >= 15 is 0 Å². The molecule has 1 atom stereocenters. The van der Waals surface area contributed by atoms with E-state index in [9.17, 15) is 4.39 Å². The van der Waals surface area contributed by atoms with Gasteiger partial charge in [0.2, 0.25) is 0 Å². The van der Waals surface area contributed by atoms with Crippen LogP contribution in [-0.2, 0) is 5.41 Å². The lowest BCUT2D eigenvalue weighted by atomic mass is 9.60. The molecule has 2 aliphatic rings. The minimum atomic E-state index is -0.108. The van der Waals surface area contributed by atoms with Crippen LogP contribution in [0.2, 0.25) is 0 Å². The molecule has 1 heteroatoms. The Kier molecular flexibility index (Phi) is 2.08. The fourth-order valence-corrected chi connectivity index (χ4v) is 3.82. The van der Waals surface area contributed by atoms with E-state index in [2.05, 4.69) is 26.8 Å². The van der Waals surface area contributed by atoms with Crippen molar-refractivity contribution >= 4 is 6.08 Å². The molecule has 0 radical (unpaired) electrons. The first-order valence-corrected chi connectivity index (χ1v) is 6.46. The largest absolute Gasteiger partial charge is 0.207 e. The second kappa shape index (κ2) is 3.22. The normalized spacial score (nSPS) is 29.5. The Morgan fingerprint density at radius 3 is 2.65 bits per heavy atom. The lowest BCUT2D eigenvalue weighted by Crippen LogP contribution is -2.35. The number of benzene rings is 1. The highest BCUT2D eigenvalue weighted by atomic mass is 19.1. The van der Waals surface area contributed by atoms with Crippen LogP contribution >= 0.6 is 0 Å². The third-order valence-corrected chi connectivity index (χ3v) is 4.71. The molecule has 0 aromatic heterocycles. The van der Waals surface area contributed by atoms with Crippen LogP contribution in [0.5, 0.6) is 0 Å². The fourth-order valence-electron chi connectivity index (χ4n) is 3.82. The van der Waals surface area contributed by atoms with Gasteiger partial charge in [-0.3, -0.25) is 0 Å². The predicted octanol–water partition coefficient (Wildman–Crippen LogP) is 4.69. The Morgan fingerprint density at radius 2 is 1.88 bits per heavy atom. The van der Waals surface area contributed by atoms with Crippen molar-refractivity contribution in [1.82, 2.24) is 0 Å². The van der Waals surface area contributed by atoms with Crippen molar-refractivity contribution in [2.24, 2.45) is 5.41 Å². The number of fused-ring (bicyclic) bond motifs is 3. The number of rotatable bonds is 0. The van der Waals surface area contributed by atoms with Crippen molar-refractivity contribution in [2.45, 2.75) is 45.4 Å². The molecule has 1 aromatic carbocycles. The van der Waals surface area contributed by atoms with Gasteiger partial charge in [0, 0.05) is 5.41 Å². The molecule has 3 rings (SSSR count). The van der Waals surface area contributed by atoms with Crippen LogP contribution in [0.25, 0.3) is 6.08 Å². The van der Waals surface area contributed by atoms with E-state index < -0.39 is 0 Å². The van der Waals surface area contributed by atoms with Gasteiger partial charge in [0.05, 0.1) is 0 Å². The van der Waals surface area contributed by atoms with Gasteiger partial charge in [-0.25, -0.2) is 4.39 Å². The van der Waals surface area contributed by atoms with Crippen molar-refractivity contribution in [3.63, 3.8) is 0 Å². The SMILES string of the molecule is CC1(C)CCCC2(C)C1=Cc1ccc(F)cc12. The molecule has 0 heterocycles. The number of hydrogen-bond donors (Lipinski definition) is 0. The summed E-state index contributed by atoms with van der Waals surface area (Å²) in [6.45, 7) is 6.92. The molecule has 0 spiro atoms. The zero-order valence-electron chi connectivity index (χ0n) is 10.8. The molecular weight excluding hydrogens is 211 g/mol. The summed E-state index contributed by atoms with van der Waals surface area (Å²) >= 11 is 0. The first-order valence-electron chi connectivity index (χ1n) is 6.46. The third kappa shape index (κ3) is 1.41. The van der Waals surface area contributed by atoms with Crippen LogP contribution in [0.15, 0.2) is 23.8 Å². The molecule has 0 amide bonds. The average Bonchev–Trinajstić information content (AvgIpc) is 2.53. The summed E-state index contributed by atoms with van der Waals surface area (Å²) in [7, 11) is 0. The molecule has 0 saturated heterocycles. The summed E-state index contributed by atoms with van der Waals surface area (Å²) in [6.07, 6.45) is 5.92. The molecular formula is C16H19F. The van der Waals surface area contributed by atoms with Crippen molar-refractivity contribution in [3.8, 4) is 0 Å². The van der Waals surface area contributed by atoms with Gasteiger partial charge in [-0.2, -0.15) is 0 Å². The Labute approximate surface area is 103 Å². The smallest absolute Gasteiger partial charge is 0.123 e. The van der Waals surface area contributed by atoms with E-state index in [-0.39, 0.29) is 16.6 Å². The molecule has 1 saturated carbocycles. The first-order chi connectivity index (χ1) is 7.93. The van der Waals surface area contributed by atoms with E-state index in [1.165, 1.54) is 29.5 Å². The quantitative estimate of drug-likeness (QED) is 0.606. The Bertz CT molecular complexity index is 510. The maximum absolute atomic E-state index is 13.5. The summed E-state index contributed by atoms with van der Waals surface area (Å²) in [5, 5.41) is 0. The van der Waals surface area contributed by atoms with E-state index in [1.807, 2.05) is 6.07 Å². The number of halogens is 1. The van der Waals surface area contributed by atoms with Gasteiger partial charge in [-0.15, -0.1) is 0 Å². The van der Waals surface area contributed by atoms with Crippen LogP contribution in [0, 0.1) is 11.2 Å². The minimum absolute atomic E-state index is 0.0686. The average molecular weight is 230 g/mol. The van der Waals surface area contributed by atoms with Crippen LogP contribution < -0.4 is 0 Å². The minimum Gasteiger partial charge on any atom is -0.207 e. The topological polar surface area (TPSA) is 0 Å². The number of hydrogen-bond acceptors (Lipinski definition) is 0. The summed E-state index contributed by atoms with van der Waals surface area (Å²) < 4.78 is 13.5. The van der Waals surface area contributed by atoms with E-state index in [0.717, 1.165) is 6.42 Å². The van der Waals surface area contributed by atoms with Crippen molar-refractivity contribution in [2.75, 3.05) is 0 Å². The van der Waals surface area contributed by atoms with Gasteiger partial charge < -0.3 is 0 Å². The lowest BCUT2D eigenvalue weighted by Gasteiger charge is -2.44. The van der Waals surface area contributed by atoms with Crippen LogP contribution in [0.1, 0.15) is 51.2 Å².